The number of rotatable bonds is 3. The fourth-order valence-electron chi connectivity index (χ4n) is 2.83. The number of likely N-dealkylation sites (tertiary alicyclic amines) is 1. The molecular formula is C15H19N3O4S. The first-order valence-corrected chi connectivity index (χ1v) is 9.04. The first-order valence-electron chi connectivity index (χ1n) is 7.49. The number of amides is 1. The molecule has 0 saturated carbocycles. The van der Waals surface area contributed by atoms with Gasteiger partial charge in [0, 0.05) is 24.8 Å². The van der Waals surface area contributed by atoms with E-state index in [2.05, 4.69) is 9.71 Å². The van der Waals surface area contributed by atoms with Crippen molar-refractivity contribution in [3.05, 3.63) is 29.7 Å². The molecule has 0 spiro atoms. The van der Waals surface area contributed by atoms with Gasteiger partial charge in [0.05, 0.1) is 5.25 Å². The molecule has 124 valence electrons. The molecule has 1 saturated heterocycles. The first-order chi connectivity index (χ1) is 10.9. The Bertz CT molecular complexity index is 844. The first kappa shape index (κ1) is 15.9. The van der Waals surface area contributed by atoms with E-state index in [0.29, 0.717) is 30.5 Å². The van der Waals surface area contributed by atoms with Crippen molar-refractivity contribution in [3.63, 3.8) is 0 Å². The maximum atomic E-state index is 12.6. The minimum atomic E-state index is -3.39. The van der Waals surface area contributed by atoms with E-state index in [4.69, 9.17) is 4.42 Å². The average Bonchev–Trinajstić information content (AvgIpc) is 2.97. The molecule has 3 rings (SSSR count). The quantitative estimate of drug-likeness (QED) is 0.911. The van der Waals surface area contributed by atoms with Crippen LogP contribution in [0.1, 0.15) is 29.1 Å². The second-order valence-electron chi connectivity index (χ2n) is 5.71. The van der Waals surface area contributed by atoms with Crippen molar-refractivity contribution in [2.75, 3.05) is 20.1 Å². The zero-order valence-electron chi connectivity index (χ0n) is 13.1. The van der Waals surface area contributed by atoms with Gasteiger partial charge in [0.25, 0.3) is 5.91 Å². The third-order valence-electron chi connectivity index (χ3n) is 4.11. The van der Waals surface area contributed by atoms with Crippen molar-refractivity contribution >= 4 is 27.0 Å². The van der Waals surface area contributed by atoms with Crippen molar-refractivity contribution in [1.82, 2.24) is 14.6 Å². The third kappa shape index (κ3) is 3.09. The molecule has 1 aliphatic rings. The lowest BCUT2D eigenvalue weighted by atomic mass is 10.1. The van der Waals surface area contributed by atoms with Crippen LogP contribution in [0.3, 0.4) is 0 Å². The van der Waals surface area contributed by atoms with E-state index in [1.807, 2.05) is 13.0 Å². The van der Waals surface area contributed by atoms with Crippen LogP contribution >= 0.6 is 0 Å². The fourth-order valence-corrected chi connectivity index (χ4v) is 4.02. The Morgan fingerprint density at radius 3 is 2.96 bits per heavy atom. The summed E-state index contributed by atoms with van der Waals surface area (Å²) in [5.74, 6) is -0.0998. The van der Waals surface area contributed by atoms with Gasteiger partial charge < -0.3 is 9.32 Å². The van der Waals surface area contributed by atoms with Gasteiger partial charge in [-0.2, -0.15) is 0 Å². The number of hydrogen-bond donors (Lipinski definition) is 1. The molecule has 3 heterocycles. The minimum Gasteiger partial charge on any atom is -0.449 e. The molecule has 0 radical (unpaired) electrons. The number of hydrogen-bond acceptors (Lipinski definition) is 5. The van der Waals surface area contributed by atoms with Crippen molar-refractivity contribution in [1.29, 1.82) is 0 Å². The number of aryl methyl sites for hydroxylation is 1. The van der Waals surface area contributed by atoms with Crippen LogP contribution in [0.25, 0.3) is 11.1 Å². The number of carbonyl (C=O) groups is 1. The number of fused-ring (bicyclic) bond motifs is 1. The highest BCUT2D eigenvalue weighted by molar-refractivity contribution is 7.90. The Labute approximate surface area is 134 Å². The lowest BCUT2D eigenvalue weighted by Crippen LogP contribution is -2.47. The summed E-state index contributed by atoms with van der Waals surface area (Å²) in [4.78, 5) is 18.5. The van der Waals surface area contributed by atoms with Gasteiger partial charge in [0.1, 0.15) is 5.52 Å². The summed E-state index contributed by atoms with van der Waals surface area (Å²) in [6, 6.07) is 5.20. The zero-order valence-corrected chi connectivity index (χ0v) is 13.9. The second kappa shape index (κ2) is 5.93. The Balaban J connectivity index is 1.83. The number of pyridine rings is 1. The number of carbonyl (C=O) groups excluding carboxylic acids is 1. The summed E-state index contributed by atoms with van der Waals surface area (Å²) in [6.07, 6.45) is 1.20. The summed E-state index contributed by atoms with van der Waals surface area (Å²) in [5.41, 5.74) is 2.02. The molecule has 23 heavy (non-hydrogen) atoms. The smallest absolute Gasteiger partial charge is 0.289 e. The Morgan fingerprint density at radius 1 is 1.43 bits per heavy atom. The largest absolute Gasteiger partial charge is 0.449 e. The van der Waals surface area contributed by atoms with Crippen LogP contribution in [-0.4, -0.2) is 49.6 Å². The van der Waals surface area contributed by atoms with Crippen LogP contribution in [0.2, 0.25) is 0 Å². The lowest BCUT2D eigenvalue weighted by molar-refractivity contribution is 0.0697. The predicted octanol–water partition coefficient (Wildman–Crippen LogP) is 1.29. The number of furan rings is 1. The summed E-state index contributed by atoms with van der Waals surface area (Å²) in [7, 11) is -1.99. The number of nitrogens with zero attached hydrogens (tertiary/aromatic N) is 2. The second-order valence-corrected chi connectivity index (χ2v) is 7.88. The topological polar surface area (TPSA) is 92.5 Å². The monoisotopic (exact) mass is 337 g/mol. The van der Waals surface area contributed by atoms with Crippen LogP contribution in [-0.2, 0) is 10.0 Å². The molecule has 1 amide bonds. The number of sulfonamides is 1. The molecule has 7 nitrogen and oxygen atoms in total. The van der Waals surface area contributed by atoms with Crippen LogP contribution in [0.4, 0.5) is 0 Å². The van der Waals surface area contributed by atoms with Gasteiger partial charge in [-0.15, -0.1) is 0 Å². The fraction of sp³-hybridized carbons (Fsp3) is 0.467. The van der Waals surface area contributed by atoms with Gasteiger partial charge in [-0.25, -0.2) is 18.1 Å². The van der Waals surface area contributed by atoms with Crippen LogP contribution in [0.15, 0.2) is 22.6 Å². The molecule has 0 aliphatic carbocycles. The summed E-state index contributed by atoms with van der Waals surface area (Å²) in [5, 5.41) is -0.588. The molecule has 1 fully saturated rings. The zero-order chi connectivity index (χ0) is 16.6. The Hall–Kier alpha value is -1.93. The van der Waals surface area contributed by atoms with E-state index >= 15 is 0 Å². The standard InChI is InChI=1S/C15H19N3O4S/c1-10-5-6-13-12(17-10)8-14(22-13)15(19)18-7-3-4-11(9-18)23(20,21)16-2/h5-6,8,11,16H,3-4,7,9H2,1-2H3. The summed E-state index contributed by atoms with van der Waals surface area (Å²) in [6.45, 7) is 2.56. The average molecular weight is 337 g/mol. The summed E-state index contributed by atoms with van der Waals surface area (Å²) < 4.78 is 31.8. The van der Waals surface area contributed by atoms with Crippen molar-refractivity contribution in [2.24, 2.45) is 0 Å². The molecular weight excluding hydrogens is 318 g/mol. The number of aromatic nitrogens is 1. The normalized spacial score (nSPS) is 19.2. The van der Waals surface area contributed by atoms with Crippen LogP contribution in [0, 0.1) is 6.92 Å². The molecule has 1 aliphatic heterocycles. The predicted molar refractivity (Wildman–Crippen MR) is 85.7 cm³/mol. The molecule has 1 N–H and O–H groups in total. The van der Waals surface area contributed by atoms with E-state index in [-0.39, 0.29) is 18.2 Å². The van der Waals surface area contributed by atoms with Crippen molar-refractivity contribution < 1.29 is 17.6 Å². The lowest BCUT2D eigenvalue weighted by Gasteiger charge is -2.31. The third-order valence-corrected chi connectivity index (χ3v) is 5.94. The van der Waals surface area contributed by atoms with Gasteiger partial charge in [0.15, 0.2) is 11.3 Å². The molecule has 0 aromatic carbocycles. The molecule has 2 aromatic heterocycles. The molecule has 0 bridgehead atoms. The van der Waals surface area contributed by atoms with Crippen molar-refractivity contribution in [3.8, 4) is 0 Å². The van der Waals surface area contributed by atoms with E-state index < -0.39 is 15.3 Å². The highest BCUT2D eigenvalue weighted by atomic mass is 32.2. The molecule has 1 atom stereocenters. The number of piperidine rings is 1. The SMILES string of the molecule is CNS(=O)(=O)C1CCCN(C(=O)c2cc3nc(C)ccc3o2)C1. The van der Waals surface area contributed by atoms with E-state index in [1.54, 1.807) is 12.1 Å². The van der Waals surface area contributed by atoms with Gasteiger partial charge >= 0.3 is 0 Å². The van der Waals surface area contributed by atoms with Gasteiger partial charge in [-0.05, 0) is 38.9 Å². The highest BCUT2D eigenvalue weighted by Gasteiger charge is 2.33. The van der Waals surface area contributed by atoms with E-state index in [9.17, 15) is 13.2 Å². The maximum Gasteiger partial charge on any atom is 0.289 e. The van der Waals surface area contributed by atoms with Gasteiger partial charge in [-0.3, -0.25) is 4.79 Å². The minimum absolute atomic E-state index is 0.172. The van der Waals surface area contributed by atoms with Gasteiger partial charge in [-0.1, -0.05) is 0 Å². The number of nitrogens with one attached hydrogen (secondary N) is 1. The molecule has 2 aromatic rings. The van der Waals surface area contributed by atoms with E-state index in [1.165, 1.54) is 11.9 Å². The summed E-state index contributed by atoms with van der Waals surface area (Å²) >= 11 is 0. The highest BCUT2D eigenvalue weighted by Crippen LogP contribution is 2.22. The molecule has 8 heteroatoms. The molecule has 1 unspecified atom stereocenters. The maximum absolute atomic E-state index is 12.6. The van der Waals surface area contributed by atoms with Gasteiger partial charge in [0.2, 0.25) is 10.0 Å². The Kier molecular flexibility index (Phi) is 4.11. The van der Waals surface area contributed by atoms with Crippen molar-refractivity contribution in [2.45, 2.75) is 25.0 Å². The Morgan fingerprint density at radius 2 is 2.22 bits per heavy atom. The van der Waals surface area contributed by atoms with Crippen LogP contribution < -0.4 is 4.72 Å². The van der Waals surface area contributed by atoms with Crippen LogP contribution in [0.5, 0.6) is 0 Å². The van der Waals surface area contributed by atoms with E-state index in [0.717, 1.165) is 5.69 Å².